The van der Waals surface area contributed by atoms with E-state index in [0.29, 0.717) is 12.8 Å². The van der Waals surface area contributed by atoms with Gasteiger partial charge in [-0.3, -0.25) is 9.59 Å². The number of aromatic nitrogens is 1. The van der Waals surface area contributed by atoms with E-state index in [9.17, 15) is 9.59 Å². The van der Waals surface area contributed by atoms with Crippen molar-refractivity contribution in [2.24, 2.45) is 0 Å². The number of carbonyl (C=O) groups is 1. The third kappa shape index (κ3) is 2.25. The average molecular weight is 241 g/mol. The van der Waals surface area contributed by atoms with E-state index in [-0.39, 0.29) is 11.1 Å². The summed E-state index contributed by atoms with van der Waals surface area (Å²) in [4.78, 5) is 22.9. The predicted octanol–water partition coefficient (Wildman–Crippen LogP) is 2.74. The zero-order valence-electron chi connectivity index (χ0n) is 10.3. The van der Waals surface area contributed by atoms with Crippen LogP contribution in [0, 0.1) is 0 Å². The van der Waals surface area contributed by atoms with E-state index in [4.69, 9.17) is 0 Å². The average Bonchev–Trinajstić information content (AvgIpc) is 2.42. The van der Waals surface area contributed by atoms with Gasteiger partial charge in [0.25, 0.3) is 5.56 Å². The molecule has 1 aromatic carbocycles. The fraction of sp³-hybridized carbons (Fsp3) is 0.200. The molecule has 3 nitrogen and oxygen atoms in total. The Labute approximate surface area is 106 Å². The molecule has 0 aliphatic heterocycles. The second-order valence-corrected chi connectivity index (χ2v) is 4.11. The minimum Gasteiger partial charge on any atom is -0.308 e. The first kappa shape index (κ1) is 12.3. The Bertz CT molecular complexity index is 600. The van der Waals surface area contributed by atoms with E-state index in [1.807, 2.05) is 43.3 Å². The molecule has 0 unspecified atom stereocenters. The monoisotopic (exact) mass is 241 g/mol. The molecule has 0 saturated carbocycles. The molecule has 2 aromatic rings. The van der Waals surface area contributed by atoms with Gasteiger partial charge >= 0.3 is 0 Å². The van der Waals surface area contributed by atoms with Crippen molar-refractivity contribution in [3.63, 3.8) is 0 Å². The number of nitrogens with zero attached hydrogens (tertiary/aromatic N) is 1. The van der Waals surface area contributed by atoms with Gasteiger partial charge in [-0.15, -0.1) is 0 Å². The van der Waals surface area contributed by atoms with Crippen molar-refractivity contribution in [3.8, 4) is 11.3 Å². The van der Waals surface area contributed by atoms with Crippen molar-refractivity contribution in [2.75, 3.05) is 0 Å². The molecule has 0 N–H and O–H groups in total. The molecule has 0 radical (unpaired) electrons. The maximum atomic E-state index is 12.1. The summed E-state index contributed by atoms with van der Waals surface area (Å²) in [5.74, 6) is 0. The summed E-state index contributed by atoms with van der Waals surface area (Å²) < 4.78 is 1.67. The van der Waals surface area contributed by atoms with E-state index >= 15 is 0 Å². The fourth-order valence-corrected chi connectivity index (χ4v) is 1.99. The van der Waals surface area contributed by atoms with Gasteiger partial charge in [0, 0.05) is 6.54 Å². The summed E-state index contributed by atoms with van der Waals surface area (Å²) in [7, 11) is 0. The standard InChI is InChI=1S/C15H15NO2/c1-2-10-16-14(12-6-4-3-5-7-12)9-8-13(11-17)15(16)18/h3-9,11H,2,10H2,1H3. The largest absolute Gasteiger partial charge is 0.308 e. The molecule has 2 rings (SSSR count). The number of benzene rings is 1. The van der Waals surface area contributed by atoms with Crippen molar-refractivity contribution in [3.05, 3.63) is 58.4 Å². The van der Waals surface area contributed by atoms with E-state index in [2.05, 4.69) is 0 Å². The van der Waals surface area contributed by atoms with Gasteiger partial charge < -0.3 is 4.57 Å². The molecule has 0 bridgehead atoms. The first-order valence-electron chi connectivity index (χ1n) is 6.02. The van der Waals surface area contributed by atoms with Crippen molar-refractivity contribution in [1.29, 1.82) is 0 Å². The molecule has 92 valence electrons. The van der Waals surface area contributed by atoms with Crippen molar-refractivity contribution >= 4 is 6.29 Å². The van der Waals surface area contributed by atoms with Gasteiger partial charge in [0.1, 0.15) is 0 Å². The second kappa shape index (κ2) is 5.45. The van der Waals surface area contributed by atoms with Gasteiger partial charge in [0.15, 0.2) is 6.29 Å². The van der Waals surface area contributed by atoms with E-state index in [1.165, 1.54) is 0 Å². The number of rotatable bonds is 4. The maximum Gasteiger partial charge on any atom is 0.261 e. The van der Waals surface area contributed by atoms with Crippen LogP contribution in [0.15, 0.2) is 47.3 Å². The van der Waals surface area contributed by atoms with Gasteiger partial charge in [0.05, 0.1) is 11.3 Å². The van der Waals surface area contributed by atoms with Crippen molar-refractivity contribution in [1.82, 2.24) is 4.57 Å². The van der Waals surface area contributed by atoms with E-state index in [0.717, 1.165) is 17.7 Å². The molecule has 0 fully saturated rings. The van der Waals surface area contributed by atoms with Gasteiger partial charge in [0.2, 0.25) is 0 Å². The molecular formula is C15H15NO2. The summed E-state index contributed by atoms with van der Waals surface area (Å²) in [6.07, 6.45) is 1.46. The molecule has 1 aromatic heterocycles. The highest BCUT2D eigenvalue weighted by molar-refractivity contribution is 5.75. The molecule has 0 aliphatic carbocycles. The Morgan fingerprint density at radius 2 is 1.83 bits per heavy atom. The van der Waals surface area contributed by atoms with Crippen LogP contribution in [0.2, 0.25) is 0 Å². The van der Waals surface area contributed by atoms with Gasteiger partial charge in [-0.25, -0.2) is 0 Å². The maximum absolute atomic E-state index is 12.1. The Hall–Kier alpha value is -2.16. The minimum atomic E-state index is -0.215. The third-order valence-corrected chi connectivity index (χ3v) is 2.85. The van der Waals surface area contributed by atoms with Crippen LogP contribution in [0.4, 0.5) is 0 Å². The number of hydrogen-bond donors (Lipinski definition) is 0. The SMILES string of the molecule is CCCn1c(-c2ccccc2)ccc(C=O)c1=O. The number of carbonyl (C=O) groups excluding carboxylic acids is 1. The fourth-order valence-electron chi connectivity index (χ4n) is 1.99. The second-order valence-electron chi connectivity index (χ2n) is 4.11. The first-order valence-corrected chi connectivity index (χ1v) is 6.02. The zero-order chi connectivity index (χ0) is 13.0. The summed E-state index contributed by atoms with van der Waals surface area (Å²) in [6.45, 7) is 2.62. The van der Waals surface area contributed by atoms with Crippen LogP contribution in [-0.2, 0) is 6.54 Å². The highest BCUT2D eigenvalue weighted by Gasteiger charge is 2.08. The van der Waals surface area contributed by atoms with Crippen LogP contribution in [0.1, 0.15) is 23.7 Å². The Kier molecular flexibility index (Phi) is 3.72. The highest BCUT2D eigenvalue weighted by Crippen LogP contribution is 2.17. The summed E-state index contributed by atoms with van der Waals surface area (Å²) >= 11 is 0. The Balaban J connectivity index is 2.64. The molecule has 0 saturated heterocycles. The molecule has 0 spiro atoms. The molecule has 18 heavy (non-hydrogen) atoms. The van der Waals surface area contributed by atoms with Crippen molar-refractivity contribution < 1.29 is 4.79 Å². The Morgan fingerprint density at radius 1 is 1.11 bits per heavy atom. The van der Waals surface area contributed by atoms with Gasteiger partial charge in [-0.2, -0.15) is 0 Å². The van der Waals surface area contributed by atoms with Gasteiger partial charge in [-0.05, 0) is 24.1 Å². The summed E-state index contributed by atoms with van der Waals surface area (Å²) in [6, 6.07) is 13.1. The van der Waals surface area contributed by atoms with Crippen LogP contribution < -0.4 is 5.56 Å². The Morgan fingerprint density at radius 3 is 2.44 bits per heavy atom. The molecule has 3 heteroatoms. The van der Waals surface area contributed by atoms with Crippen LogP contribution in [-0.4, -0.2) is 10.9 Å². The smallest absolute Gasteiger partial charge is 0.261 e. The quantitative estimate of drug-likeness (QED) is 0.772. The van der Waals surface area contributed by atoms with E-state index in [1.54, 1.807) is 10.6 Å². The molecular weight excluding hydrogens is 226 g/mol. The lowest BCUT2D eigenvalue weighted by Gasteiger charge is -2.12. The normalized spacial score (nSPS) is 10.3. The number of aldehydes is 1. The number of pyridine rings is 1. The van der Waals surface area contributed by atoms with Crippen molar-refractivity contribution in [2.45, 2.75) is 19.9 Å². The molecule has 1 heterocycles. The van der Waals surface area contributed by atoms with Crippen LogP contribution in [0.25, 0.3) is 11.3 Å². The summed E-state index contributed by atoms with van der Waals surface area (Å²) in [5, 5.41) is 0. The topological polar surface area (TPSA) is 39.1 Å². The molecule has 0 amide bonds. The van der Waals surface area contributed by atoms with Crippen LogP contribution >= 0.6 is 0 Å². The van der Waals surface area contributed by atoms with E-state index < -0.39 is 0 Å². The van der Waals surface area contributed by atoms with Crippen LogP contribution in [0.5, 0.6) is 0 Å². The number of hydrogen-bond acceptors (Lipinski definition) is 2. The van der Waals surface area contributed by atoms with Gasteiger partial charge in [-0.1, -0.05) is 37.3 Å². The summed E-state index contributed by atoms with van der Waals surface area (Å²) in [5.41, 5.74) is 1.84. The highest BCUT2D eigenvalue weighted by atomic mass is 16.1. The lowest BCUT2D eigenvalue weighted by molar-refractivity contribution is 0.112. The zero-order valence-corrected chi connectivity index (χ0v) is 10.3. The molecule has 0 aliphatic rings. The van der Waals surface area contributed by atoms with Crippen LogP contribution in [0.3, 0.4) is 0 Å². The first-order chi connectivity index (χ1) is 8.77. The lowest BCUT2D eigenvalue weighted by Crippen LogP contribution is -2.24. The molecule has 0 atom stereocenters. The lowest BCUT2D eigenvalue weighted by atomic mass is 10.1. The predicted molar refractivity (Wildman–Crippen MR) is 71.8 cm³/mol. The third-order valence-electron chi connectivity index (χ3n) is 2.85. The minimum absolute atomic E-state index is 0.211.